The third-order valence-corrected chi connectivity index (χ3v) is 0.525. The summed E-state index contributed by atoms with van der Waals surface area (Å²) in [6.07, 6.45) is 0. The summed E-state index contributed by atoms with van der Waals surface area (Å²) in [5, 5.41) is 22.9. The maximum Gasteiger partial charge on any atom is 0.329 e. The normalized spacial score (nSPS) is 10.8. The van der Waals surface area contributed by atoms with Gasteiger partial charge in [0, 0.05) is 0 Å². The Bertz CT molecular complexity index is 133. The summed E-state index contributed by atoms with van der Waals surface area (Å²) in [6.45, 7) is 0.641. The molecule has 11 heavy (non-hydrogen) atoms. The Hall–Kier alpha value is -1.14. The lowest BCUT2D eigenvalue weighted by atomic mass is 10.4. The average Bonchev–Trinajstić information content (AvgIpc) is 1.89. The van der Waals surface area contributed by atoms with Gasteiger partial charge in [0.05, 0.1) is 0 Å². The van der Waals surface area contributed by atoms with Gasteiger partial charge in [0.25, 0.3) is 0 Å². The summed E-state index contributed by atoms with van der Waals surface area (Å²) in [6, 6.07) is -0.731. The molecule has 0 rings (SSSR count). The van der Waals surface area contributed by atoms with Crippen LogP contribution in [-0.2, 0) is 9.59 Å². The van der Waals surface area contributed by atoms with E-state index in [1.54, 1.807) is 0 Å². The van der Waals surface area contributed by atoms with E-state index in [9.17, 15) is 4.79 Å². The standard InChI is InChI=1S/C3H7NO2.C2H4O3/c1-2(4)3(5)6;3-1-2(4)5/h2H,4H2,1H3,(H,5,6);3H,1H2,(H,4,5)/t2-;/m0./s1. The number of hydrogen-bond donors (Lipinski definition) is 4. The van der Waals surface area contributed by atoms with E-state index in [1.165, 1.54) is 6.92 Å². The molecular formula is C5H11NO5. The van der Waals surface area contributed by atoms with Crippen molar-refractivity contribution in [3.63, 3.8) is 0 Å². The number of carbonyl (C=O) groups is 2. The van der Waals surface area contributed by atoms with Gasteiger partial charge in [-0.2, -0.15) is 0 Å². The molecule has 0 radical (unpaired) electrons. The lowest BCUT2D eigenvalue weighted by molar-refractivity contribution is -0.140. The van der Waals surface area contributed by atoms with Gasteiger partial charge in [0.2, 0.25) is 0 Å². The van der Waals surface area contributed by atoms with Crippen molar-refractivity contribution in [1.29, 1.82) is 0 Å². The van der Waals surface area contributed by atoms with Crippen molar-refractivity contribution in [2.75, 3.05) is 6.61 Å². The second-order valence-electron chi connectivity index (χ2n) is 1.68. The van der Waals surface area contributed by atoms with E-state index < -0.39 is 24.6 Å². The Morgan fingerprint density at radius 2 is 1.64 bits per heavy atom. The topological polar surface area (TPSA) is 121 Å². The molecule has 0 spiro atoms. The first-order valence-electron chi connectivity index (χ1n) is 2.72. The van der Waals surface area contributed by atoms with Crippen molar-refractivity contribution in [2.45, 2.75) is 13.0 Å². The molecule has 66 valence electrons. The van der Waals surface area contributed by atoms with Crippen LogP contribution in [0, 0.1) is 0 Å². The van der Waals surface area contributed by atoms with Crippen molar-refractivity contribution in [2.24, 2.45) is 5.73 Å². The Kier molecular flexibility index (Phi) is 7.94. The van der Waals surface area contributed by atoms with Crippen molar-refractivity contribution in [3.8, 4) is 0 Å². The van der Waals surface area contributed by atoms with E-state index in [-0.39, 0.29) is 0 Å². The van der Waals surface area contributed by atoms with Gasteiger partial charge in [-0.25, -0.2) is 4.79 Å². The number of aliphatic carboxylic acids is 2. The molecule has 0 aromatic rings. The van der Waals surface area contributed by atoms with Crippen molar-refractivity contribution < 1.29 is 24.9 Å². The summed E-state index contributed by atoms with van der Waals surface area (Å²) < 4.78 is 0. The fourth-order valence-electron chi connectivity index (χ4n) is 0. The second kappa shape index (κ2) is 6.97. The number of carboxylic acids is 2. The average molecular weight is 165 g/mol. The minimum Gasteiger partial charge on any atom is -0.480 e. The molecule has 0 amide bonds. The highest BCUT2D eigenvalue weighted by Crippen LogP contribution is 1.68. The quantitative estimate of drug-likeness (QED) is 0.394. The van der Waals surface area contributed by atoms with Gasteiger partial charge in [-0.3, -0.25) is 4.79 Å². The highest BCUT2D eigenvalue weighted by molar-refractivity contribution is 5.72. The van der Waals surface area contributed by atoms with Crippen LogP contribution in [0.2, 0.25) is 0 Å². The third-order valence-electron chi connectivity index (χ3n) is 0.525. The van der Waals surface area contributed by atoms with Gasteiger partial charge >= 0.3 is 11.9 Å². The van der Waals surface area contributed by atoms with E-state index in [2.05, 4.69) is 0 Å². The second-order valence-corrected chi connectivity index (χ2v) is 1.68. The van der Waals surface area contributed by atoms with E-state index in [1.807, 2.05) is 0 Å². The van der Waals surface area contributed by atoms with Crippen LogP contribution in [0.3, 0.4) is 0 Å². The third kappa shape index (κ3) is 17.7. The minimum atomic E-state index is -1.19. The van der Waals surface area contributed by atoms with Crippen LogP contribution in [0.25, 0.3) is 0 Å². The highest BCUT2D eigenvalue weighted by atomic mass is 16.4. The monoisotopic (exact) mass is 165 g/mol. The molecule has 6 heteroatoms. The Balaban J connectivity index is 0. The highest BCUT2D eigenvalue weighted by Gasteiger charge is 1.99. The molecule has 0 aromatic heterocycles. The van der Waals surface area contributed by atoms with E-state index >= 15 is 0 Å². The van der Waals surface area contributed by atoms with Crippen LogP contribution >= 0.6 is 0 Å². The molecule has 0 aromatic carbocycles. The Morgan fingerprint density at radius 1 is 1.45 bits per heavy atom. The lowest BCUT2D eigenvalue weighted by Crippen LogP contribution is -2.25. The molecular weight excluding hydrogens is 154 g/mol. The number of hydrogen-bond acceptors (Lipinski definition) is 4. The molecule has 0 bridgehead atoms. The summed E-state index contributed by atoms with van der Waals surface area (Å²) in [7, 11) is 0. The van der Waals surface area contributed by atoms with E-state index in [4.69, 9.17) is 25.8 Å². The lowest BCUT2D eigenvalue weighted by Gasteiger charge is -1.90. The molecule has 0 aliphatic heterocycles. The predicted molar refractivity (Wildman–Crippen MR) is 36.0 cm³/mol. The van der Waals surface area contributed by atoms with Crippen LogP contribution in [0.5, 0.6) is 0 Å². The predicted octanol–water partition coefficient (Wildman–Crippen LogP) is -1.52. The largest absolute Gasteiger partial charge is 0.480 e. The molecule has 0 saturated heterocycles. The molecule has 0 aliphatic carbocycles. The fraction of sp³-hybridized carbons (Fsp3) is 0.600. The summed E-state index contributed by atoms with van der Waals surface area (Å²) in [4.78, 5) is 18.7. The summed E-state index contributed by atoms with van der Waals surface area (Å²) in [5.41, 5.74) is 4.84. The van der Waals surface area contributed by atoms with E-state index in [0.29, 0.717) is 0 Å². The maximum absolute atomic E-state index is 9.57. The van der Waals surface area contributed by atoms with Gasteiger partial charge in [0.1, 0.15) is 12.6 Å². The van der Waals surface area contributed by atoms with Crippen LogP contribution in [0.1, 0.15) is 6.92 Å². The zero-order valence-electron chi connectivity index (χ0n) is 6.02. The zero-order valence-corrected chi connectivity index (χ0v) is 6.02. The molecule has 6 nitrogen and oxygen atoms in total. The first kappa shape index (κ1) is 12.5. The Morgan fingerprint density at radius 3 is 1.64 bits per heavy atom. The van der Waals surface area contributed by atoms with Crippen molar-refractivity contribution in [3.05, 3.63) is 0 Å². The Labute approximate surface area is 63.3 Å². The molecule has 0 saturated carbocycles. The molecule has 0 fully saturated rings. The van der Waals surface area contributed by atoms with Crippen LogP contribution in [-0.4, -0.2) is 39.9 Å². The molecule has 5 N–H and O–H groups in total. The van der Waals surface area contributed by atoms with Crippen molar-refractivity contribution >= 4 is 11.9 Å². The molecule has 1 atom stereocenters. The molecule has 0 unspecified atom stereocenters. The first-order chi connectivity index (χ1) is 4.91. The van der Waals surface area contributed by atoms with E-state index in [0.717, 1.165) is 0 Å². The van der Waals surface area contributed by atoms with Crippen molar-refractivity contribution in [1.82, 2.24) is 0 Å². The number of carboxylic acid groups (broad SMARTS) is 2. The van der Waals surface area contributed by atoms with Crippen LogP contribution < -0.4 is 5.73 Å². The maximum atomic E-state index is 9.57. The minimum absolute atomic E-state index is 0.731. The number of aliphatic hydroxyl groups is 1. The fourth-order valence-corrected chi connectivity index (χ4v) is 0. The number of rotatable bonds is 2. The van der Waals surface area contributed by atoms with Gasteiger partial charge in [-0.05, 0) is 6.92 Å². The summed E-state index contributed by atoms with van der Waals surface area (Å²) in [5.74, 6) is -2.15. The van der Waals surface area contributed by atoms with Crippen LogP contribution in [0.4, 0.5) is 0 Å². The van der Waals surface area contributed by atoms with Gasteiger partial charge < -0.3 is 21.1 Å². The molecule has 0 aliphatic rings. The smallest absolute Gasteiger partial charge is 0.329 e. The number of aliphatic hydroxyl groups excluding tert-OH is 1. The first-order valence-corrected chi connectivity index (χ1v) is 2.72. The number of nitrogens with two attached hydrogens (primary N) is 1. The van der Waals surface area contributed by atoms with Gasteiger partial charge in [-0.15, -0.1) is 0 Å². The van der Waals surface area contributed by atoms with Gasteiger partial charge in [0.15, 0.2) is 0 Å². The van der Waals surface area contributed by atoms with Crippen LogP contribution in [0.15, 0.2) is 0 Å². The van der Waals surface area contributed by atoms with Gasteiger partial charge in [-0.1, -0.05) is 0 Å². The SMILES string of the molecule is C[C@H](N)C(=O)O.O=C(O)CO. The zero-order chi connectivity index (χ0) is 9.44. The summed E-state index contributed by atoms with van der Waals surface area (Å²) >= 11 is 0. The molecule has 0 heterocycles.